The van der Waals surface area contributed by atoms with Gasteiger partial charge in [-0.2, -0.15) is 0 Å². The zero-order chi connectivity index (χ0) is 15.0. The van der Waals surface area contributed by atoms with E-state index in [1.165, 1.54) is 11.8 Å². The Morgan fingerprint density at radius 1 is 1.35 bits per heavy atom. The minimum Gasteiger partial charge on any atom is -0.325 e. The van der Waals surface area contributed by atoms with Gasteiger partial charge in [-0.05, 0) is 43.6 Å². The van der Waals surface area contributed by atoms with Crippen LogP contribution < -0.4 is 0 Å². The van der Waals surface area contributed by atoms with E-state index < -0.39 is 0 Å². The zero-order valence-corrected chi connectivity index (χ0v) is 14.1. The maximum Gasteiger partial charge on any atom is 0.214 e. The molecular weight excluding hydrogens is 308 g/mol. The lowest BCUT2D eigenvalue weighted by molar-refractivity contribution is -0.107. The quantitative estimate of drug-likeness (QED) is 0.427. The van der Waals surface area contributed by atoms with Crippen LogP contribution in [0, 0.1) is 9.41 Å². The molecule has 0 aromatic carbocycles. The van der Waals surface area contributed by atoms with E-state index in [1.807, 2.05) is 16.8 Å². The van der Waals surface area contributed by atoms with Crippen LogP contribution in [-0.4, -0.2) is 20.4 Å². The molecule has 0 radical (unpaired) electrons. The summed E-state index contributed by atoms with van der Waals surface area (Å²) in [7, 11) is 0. The highest BCUT2D eigenvalue weighted by molar-refractivity contribution is 8.14. The van der Waals surface area contributed by atoms with Crippen molar-refractivity contribution in [2.75, 3.05) is 5.75 Å². The summed E-state index contributed by atoms with van der Waals surface area (Å²) in [5.41, 5.74) is 0.630. The van der Waals surface area contributed by atoms with Crippen LogP contribution in [0.5, 0.6) is 0 Å². The first kappa shape index (κ1) is 17.3. The van der Waals surface area contributed by atoms with Crippen molar-refractivity contribution in [1.82, 2.24) is 9.55 Å². The van der Waals surface area contributed by atoms with Crippen LogP contribution in [0.3, 0.4) is 0 Å². The molecule has 0 atom stereocenters. The fourth-order valence-corrected chi connectivity index (χ4v) is 2.91. The summed E-state index contributed by atoms with van der Waals surface area (Å²) >= 11 is 11.6. The lowest BCUT2D eigenvalue weighted by Crippen LogP contribution is -2.01. The van der Waals surface area contributed by atoms with E-state index in [4.69, 9.17) is 24.4 Å². The van der Waals surface area contributed by atoms with Crippen molar-refractivity contribution in [3.8, 4) is 0 Å². The van der Waals surface area contributed by atoms with E-state index in [-0.39, 0.29) is 5.12 Å². The lowest BCUT2D eigenvalue weighted by atomic mass is 10.2. The Balaban J connectivity index is 2.13. The van der Waals surface area contributed by atoms with Gasteiger partial charge in [0.2, 0.25) is 5.12 Å². The largest absolute Gasteiger partial charge is 0.325 e. The van der Waals surface area contributed by atoms with Gasteiger partial charge in [-0.15, -0.1) is 0 Å². The van der Waals surface area contributed by atoms with Gasteiger partial charge < -0.3 is 9.55 Å². The number of thioether (sulfide) groups is 1. The molecule has 110 valence electrons. The summed E-state index contributed by atoms with van der Waals surface area (Å²) in [4.78, 5) is 14.3. The number of hydrogen-bond acceptors (Lipinski definition) is 4. The van der Waals surface area contributed by atoms with Gasteiger partial charge in [-0.1, -0.05) is 43.4 Å². The molecule has 1 rings (SSSR count). The number of aromatic amines is 1. The third-order valence-electron chi connectivity index (χ3n) is 2.77. The second kappa shape index (κ2) is 9.26. The normalized spacial score (nSPS) is 10.4. The number of aromatic nitrogens is 2. The lowest BCUT2D eigenvalue weighted by Gasteiger charge is -2.06. The van der Waals surface area contributed by atoms with Crippen LogP contribution >= 0.6 is 36.2 Å². The van der Waals surface area contributed by atoms with Gasteiger partial charge >= 0.3 is 0 Å². The Morgan fingerprint density at radius 2 is 2.05 bits per heavy atom. The van der Waals surface area contributed by atoms with Gasteiger partial charge in [0.05, 0.1) is 0 Å². The minimum atomic E-state index is 0.107. The van der Waals surface area contributed by atoms with Gasteiger partial charge in [-0.3, -0.25) is 4.79 Å². The number of aryl methyl sites for hydroxylation is 1. The summed E-state index contributed by atoms with van der Waals surface area (Å²) in [5, 5.41) is 0.107. The number of carbonyl (C=O) groups excluding carboxylic acids is 1. The molecule has 0 fully saturated rings. The fraction of sp³-hybridized carbons (Fsp3) is 0.500. The van der Waals surface area contributed by atoms with Crippen molar-refractivity contribution in [1.29, 1.82) is 0 Å². The first-order valence-electron chi connectivity index (χ1n) is 6.63. The van der Waals surface area contributed by atoms with Gasteiger partial charge in [-0.25, -0.2) is 0 Å². The monoisotopic (exact) mass is 328 g/mol. The number of nitrogens with zero attached hydrogens (tertiary/aromatic N) is 1. The van der Waals surface area contributed by atoms with Crippen molar-refractivity contribution in [2.45, 2.75) is 39.2 Å². The second-order valence-corrected chi connectivity index (χ2v) is 6.53. The first-order chi connectivity index (χ1) is 9.50. The van der Waals surface area contributed by atoms with Crippen LogP contribution in [0.1, 0.15) is 32.6 Å². The Labute approximate surface area is 134 Å². The summed E-state index contributed by atoms with van der Waals surface area (Å²) in [6.07, 6.45) is 6.35. The molecule has 3 nitrogen and oxygen atoms in total. The molecule has 0 aliphatic carbocycles. The zero-order valence-electron chi connectivity index (χ0n) is 11.7. The SMILES string of the molecule is C=C(C)C(=O)SCCCCCCn1ccc(=S)[nH]c1=S. The molecule has 1 heterocycles. The molecular formula is C14H20N2OS3. The van der Waals surface area contributed by atoms with Gasteiger partial charge in [0, 0.05) is 18.5 Å². The number of rotatable bonds is 8. The third kappa shape index (κ3) is 6.63. The fourth-order valence-electron chi connectivity index (χ4n) is 1.65. The molecule has 0 aliphatic rings. The molecule has 20 heavy (non-hydrogen) atoms. The van der Waals surface area contributed by atoms with Crippen LogP contribution in [-0.2, 0) is 11.3 Å². The molecule has 0 saturated heterocycles. The molecule has 0 aliphatic heterocycles. The number of H-pyrrole nitrogens is 1. The highest BCUT2D eigenvalue weighted by Gasteiger charge is 2.02. The first-order valence-corrected chi connectivity index (χ1v) is 8.43. The molecule has 6 heteroatoms. The highest BCUT2D eigenvalue weighted by Crippen LogP contribution is 2.12. The summed E-state index contributed by atoms with van der Waals surface area (Å²) in [6, 6.07) is 1.85. The number of unbranched alkanes of at least 4 members (excludes halogenated alkanes) is 3. The van der Waals surface area contributed by atoms with Crippen LogP contribution in [0.4, 0.5) is 0 Å². The summed E-state index contributed by atoms with van der Waals surface area (Å²) < 4.78 is 3.36. The predicted octanol–water partition coefficient (Wildman–Crippen LogP) is 4.67. The van der Waals surface area contributed by atoms with Crippen LogP contribution in [0.2, 0.25) is 0 Å². The van der Waals surface area contributed by atoms with Crippen molar-refractivity contribution >= 4 is 41.3 Å². The molecule has 0 amide bonds. The molecule has 1 aromatic rings. The van der Waals surface area contributed by atoms with Crippen molar-refractivity contribution in [2.24, 2.45) is 0 Å². The molecule has 0 bridgehead atoms. The van der Waals surface area contributed by atoms with E-state index in [1.54, 1.807) is 6.92 Å². The topological polar surface area (TPSA) is 37.8 Å². The van der Waals surface area contributed by atoms with E-state index in [0.717, 1.165) is 38.0 Å². The number of hydrogen-bond donors (Lipinski definition) is 1. The smallest absolute Gasteiger partial charge is 0.214 e. The minimum absolute atomic E-state index is 0.107. The van der Waals surface area contributed by atoms with E-state index in [9.17, 15) is 4.79 Å². The number of carbonyl (C=O) groups is 1. The van der Waals surface area contributed by atoms with Crippen molar-refractivity contribution < 1.29 is 4.79 Å². The second-order valence-electron chi connectivity index (χ2n) is 4.63. The Bertz CT molecular complexity index is 574. The molecule has 0 saturated carbocycles. The average molecular weight is 329 g/mol. The van der Waals surface area contributed by atoms with Gasteiger partial charge in [0.25, 0.3) is 0 Å². The Hall–Kier alpha value is -0.720. The molecule has 0 spiro atoms. The van der Waals surface area contributed by atoms with Crippen molar-refractivity contribution in [3.63, 3.8) is 0 Å². The maximum absolute atomic E-state index is 11.3. The third-order valence-corrected chi connectivity index (χ3v) is 4.45. The molecule has 0 unspecified atom stereocenters. The molecule has 1 N–H and O–H groups in total. The predicted molar refractivity (Wildman–Crippen MR) is 91.2 cm³/mol. The Morgan fingerprint density at radius 3 is 2.70 bits per heavy atom. The molecule has 1 aromatic heterocycles. The maximum atomic E-state index is 11.3. The van der Waals surface area contributed by atoms with E-state index in [2.05, 4.69) is 11.6 Å². The van der Waals surface area contributed by atoms with Crippen LogP contribution in [0.15, 0.2) is 24.4 Å². The average Bonchev–Trinajstić information content (AvgIpc) is 2.39. The van der Waals surface area contributed by atoms with E-state index in [0.29, 0.717) is 15.0 Å². The summed E-state index contributed by atoms with van der Waals surface area (Å²) in [6.45, 7) is 6.30. The number of nitrogens with one attached hydrogen (secondary N) is 1. The van der Waals surface area contributed by atoms with Crippen LogP contribution in [0.25, 0.3) is 0 Å². The van der Waals surface area contributed by atoms with Crippen molar-refractivity contribution in [3.05, 3.63) is 33.8 Å². The Kier molecular flexibility index (Phi) is 8.02. The highest BCUT2D eigenvalue weighted by atomic mass is 32.2. The summed E-state index contributed by atoms with van der Waals surface area (Å²) in [5.74, 6) is 0.879. The standard InChI is InChI=1S/C14H20N2OS3/c1-11(2)13(17)20-10-6-4-3-5-8-16-9-7-12(18)15-14(16)19/h7,9H,1,3-6,8,10H2,2H3,(H,15,18,19). The van der Waals surface area contributed by atoms with E-state index >= 15 is 0 Å². The van der Waals surface area contributed by atoms with Gasteiger partial charge in [0.15, 0.2) is 4.77 Å². The van der Waals surface area contributed by atoms with Gasteiger partial charge in [0.1, 0.15) is 4.64 Å².